The fourth-order valence-electron chi connectivity index (χ4n) is 2.06. The number of hydrogen-bond acceptors (Lipinski definition) is 3. The number of carbonyl (C=O) groups excluding carboxylic acids is 1. The molecule has 2 N–H and O–H groups in total. The van der Waals surface area contributed by atoms with Crippen LogP contribution in [0.4, 0.5) is 0 Å². The molecule has 1 aromatic carbocycles. The molecule has 1 saturated heterocycles. The Morgan fingerprint density at radius 3 is 3.06 bits per heavy atom. The quantitative estimate of drug-likeness (QED) is 0.800. The number of carbonyl (C=O) groups is 1. The molecule has 4 heteroatoms. The van der Waals surface area contributed by atoms with Crippen LogP contribution in [0.25, 0.3) is 0 Å². The summed E-state index contributed by atoms with van der Waals surface area (Å²) >= 11 is 1.71. The monoisotopic (exact) mass is 250 g/mol. The van der Waals surface area contributed by atoms with E-state index >= 15 is 0 Å². The Morgan fingerprint density at radius 1 is 1.53 bits per heavy atom. The maximum atomic E-state index is 11.8. The van der Waals surface area contributed by atoms with Crippen LogP contribution in [0.2, 0.25) is 0 Å². The van der Waals surface area contributed by atoms with E-state index < -0.39 is 0 Å². The van der Waals surface area contributed by atoms with Crippen molar-refractivity contribution in [3.63, 3.8) is 0 Å². The van der Waals surface area contributed by atoms with E-state index in [0.29, 0.717) is 6.54 Å². The van der Waals surface area contributed by atoms with Crippen LogP contribution in [0.15, 0.2) is 29.2 Å². The van der Waals surface area contributed by atoms with Crippen molar-refractivity contribution in [1.82, 2.24) is 10.6 Å². The number of rotatable bonds is 4. The van der Waals surface area contributed by atoms with Crippen molar-refractivity contribution < 1.29 is 4.79 Å². The highest BCUT2D eigenvalue weighted by Gasteiger charge is 2.21. The summed E-state index contributed by atoms with van der Waals surface area (Å²) in [5.41, 5.74) is 1.19. The summed E-state index contributed by atoms with van der Waals surface area (Å²) in [6, 6.07) is 8.19. The lowest BCUT2D eigenvalue weighted by atomic mass is 10.2. The Labute approximate surface area is 106 Å². The number of hydrogen-bond donors (Lipinski definition) is 2. The van der Waals surface area contributed by atoms with Crippen LogP contribution in [0, 0.1) is 0 Å². The molecular weight excluding hydrogens is 232 g/mol. The first-order chi connectivity index (χ1) is 8.31. The van der Waals surface area contributed by atoms with E-state index in [0.717, 1.165) is 19.4 Å². The first-order valence-electron chi connectivity index (χ1n) is 5.94. The molecule has 17 heavy (non-hydrogen) atoms. The molecular formula is C13H18N2OS. The third kappa shape index (κ3) is 3.23. The second-order valence-electron chi connectivity index (χ2n) is 4.18. The van der Waals surface area contributed by atoms with E-state index in [2.05, 4.69) is 29.0 Å². The summed E-state index contributed by atoms with van der Waals surface area (Å²) in [5, 5.41) is 6.20. The number of nitrogens with one attached hydrogen (secondary N) is 2. The van der Waals surface area contributed by atoms with E-state index in [1.54, 1.807) is 11.8 Å². The smallest absolute Gasteiger partial charge is 0.237 e. The molecule has 0 aliphatic carbocycles. The van der Waals surface area contributed by atoms with Gasteiger partial charge in [-0.2, -0.15) is 0 Å². The molecule has 0 aromatic heterocycles. The first kappa shape index (κ1) is 12.5. The molecule has 1 heterocycles. The van der Waals surface area contributed by atoms with E-state index in [-0.39, 0.29) is 11.9 Å². The minimum atomic E-state index is 0.0106. The summed E-state index contributed by atoms with van der Waals surface area (Å²) in [4.78, 5) is 13.1. The molecule has 1 aromatic rings. The van der Waals surface area contributed by atoms with Crippen LogP contribution in [0.5, 0.6) is 0 Å². The van der Waals surface area contributed by atoms with Gasteiger partial charge in [0.25, 0.3) is 0 Å². The summed E-state index contributed by atoms with van der Waals surface area (Å²) in [6.07, 6.45) is 4.11. The topological polar surface area (TPSA) is 41.1 Å². The fourth-order valence-corrected chi connectivity index (χ4v) is 2.68. The molecule has 1 aliphatic heterocycles. The van der Waals surface area contributed by atoms with E-state index in [1.165, 1.54) is 10.5 Å². The Bertz CT molecular complexity index is 389. The van der Waals surface area contributed by atoms with Gasteiger partial charge in [-0.15, -0.1) is 11.8 Å². The van der Waals surface area contributed by atoms with Crippen molar-refractivity contribution in [3.8, 4) is 0 Å². The van der Waals surface area contributed by atoms with Crippen LogP contribution < -0.4 is 10.6 Å². The SMILES string of the molecule is CSc1ccccc1CNC(=O)C1CCCN1. The lowest BCUT2D eigenvalue weighted by Crippen LogP contribution is -2.40. The van der Waals surface area contributed by atoms with Gasteiger partial charge in [0.15, 0.2) is 0 Å². The van der Waals surface area contributed by atoms with Crippen molar-refractivity contribution in [2.45, 2.75) is 30.3 Å². The van der Waals surface area contributed by atoms with Crippen molar-refractivity contribution in [1.29, 1.82) is 0 Å². The maximum absolute atomic E-state index is 11.8. The first-order valence-corrected chi connectivity index (χ1v) is 7.16. The molecule has 0 saturated carbocycles. The van der Waals surface area contributed by atoms with Crippen molar-refractivity contribution >= 4 is 17.7 Å². The minimum Gasteiger partial charge on any atom is -0.351 e. The Balaban J connectivity index is 1.90. The Morgan fingerprint density at radius 2 is 2.35 bits per heavy atom. The van der Waals surface area contributed by atoms with Gasteiger partial charge in [0, 0.05) is 11.4 Å². The molecule has 1 unspecified atom stereocenters. The maximum Gasteiger partial charge on any atom is 0.237 e. The van der Waals surface area contributed by atoms with Crippen LogP contribution in [0.3, 0.4) is 0 Å². The minimum absolute atomic E-state index is 0.0106. The second kappa shape index (κ2) is 6.07. The zero-order valence-electron chi connectivity index (χ0n) is 10.0. The third-order valence-electron chi connectivity index (χ3n) is 3.02. The normalized spacial score (nSPS) is 19.2. The second-order valence-corrected chi connectivity index (χ2v) is 5.03. The summed E-state index contributed by atoms with van der Waals surface area (Å²) in [6.45, 7) is 1.58. The van der Waals surface area contributed by atoms with Crippen molar-refractivity contribution in [2.75, 3.05) is 12.8 Å². The summed E-state index contributed by atoms with van der Waals surface area (Å²) in [7, 11) is 0. The molecule has 1 amide bonds. The Hall–Kier alpha value is -1.00. The molecule has 0 radical (unpaired) electrons. The lowest BCUT2D eigenvalue weighted by Gasteiger charge is -2.12. The number of thioether (sulfide) groups is 1. The van der Waals surface area contributed by atoms with Gasteiger partial charge in [-0.1, -0.05) is 18.2 Å². The highest BCUT2D eigenvalue weighted by atomic mass is 32.2. The molecule has 92 valence electrons. The highest BCUT2D eigenvalue weighted by molar-refractivity contribution is 7.98. The van der Waals surface area contributed by atoms with Crippen LogP contribution in [-0.4, -0.2) is 24.7 Å². The molecule has 0 bridgehead atoms. The number of amides is 1. The molecule has 0 spiro atoms. The zero-order chi connectivity index (χ0) is 12.1. The Kier molecular flexibility index (Phi) is 4.45. The molecule has 1 atom stereocenters. The van der Waals surface area contributed by atoms with Gasteiger partial charge in [-0.05, 0) is 37.3 Å². The average molecular weight is 250 g/mol. The van der Waals surface area contributed by atoms with Crippen molar-refractivity contribution in [3.05, 3.63) is 29.8 Å². The predicted octanol–water partition coefficient (Wildman–Crippen LogP) is 1.78. The molecule has 1 fully saturated rings. The van der Waals surface area contributed by atoms with Gasteiger partial charge < -0.3 is 10.6 Å². The standard InChI is InChI=1S/C13H18N2OS/c1-17-12-7-3-2-5-10(12)9-15-13(16)11-6-4-8-14-11/h2-3,5,7,11,14H,4,6,8-9H2,1H3,(H,15,16). The lowest BCUT2D eigenvalue weighted by molar-refractivity contribution is -0.122. The van der Waals surface area contributed by atoms with Crippen LogP contribution in [-0.2, 0) is 11.3 Å². The highest BCUT2D eigenvalue weighted by Crippen LogP contribution is 2.19. The van der Waals surface area contributed by atoms with Gasteiger partial charge in [0.1, 0.15) is 0 Å². The largest absolute Gasteiger partial charge is 0.351 e. The van der Waals surface area contributed by atoms with E-state index in [1.807, 2.05) is 12.1 Å². The molecule has 1 aliphatic rings. The molecule has 3 nitrogen and oxygen atoms in total. The predicted molar refractivity (Wildman–Crippen MR) is 71.1 cm³/mol. The third-order valence-corrected chi connectivity index (χ3v) is 3.86. The van der Waals surface area contributed by atoms with Gasteiger partial charge >= 0.3 is 0 Å². The van der Waals surface area contributed by atoms with E-state index in [4.69, 9.17) is 0 Å². The fraction of sp³-hybridized carbons (Fsp3) is 0.462. The zero-order valence-corrected chi connectivity index (χ0v) is 10.8. The number of benzene rings is 1. The van der Waals surface area contributed by atoms with Gasteiger partial charge in [0.2, 0.25) is 5.91 Å². The van der Waals surface area contributed by atoms with Crippen LogP contribution in [0.1, 0.15) is 18.4 Å². The van der Waals surface area contributed by atoms with Gasteiger partial charge in [-0.25, -0.2) is 0 Å². The molecule has 2 rings (SSSR count). The van der Waals surface area contributed by atoms with Crippen molar-refractivity contribution in [2.24, 2.45) is 0 Å². The van der Waals surface area contributed by atoms with Crippen LogP contribution >= 0.6 is 11.8 Å². The van der Waals surface area contributed by atoms with Gasteiger partial charge in [0.05, 0.1) is 6.04 Å². The average Bonchev–Trinajstić information content (AvgIpc) is 2.90. The summed E-state index contributed by atoms with van der Waals surface area (Å²) in [5.74, 6) is 0.124. The van der Waals surface area contributed by atoms with E-state index in [9.17, 15) is 4.79 Å². The van der Waals surface area contributed by atoms with Gasteiger partial charge in [-0.3, -0.25) is 4.79 Å². The summed E-state index contributed by atoms with van der Waals surface area (Å²) < 4.78 is 0.